The number of anilines is 2. The number of carbonyl (C=O) groups is 2. The third-order valence-electron chi connectivity index (χ3n) is 8.67. The van der Waals surface area contributed by atoms with Gasteiger partial charge in [0.05, 0.1) is 35.9 Å². The molecule has 0 saturated carbocycles. The number of rotatable bonds is 7. The summed E-state index contributed by atoms with van der Waals surface area (Å²) in [5.41, 5.74) is 0.432. The van der Waals surface area contributed by atoms with Crippen LogP contribution in [-0.2, 0) is 9.53 Å². The number of methoxy groups -OCH3 is 1. The van der Waals surface area contributed by atoms with Crippen molar-refractivity contribution < 1.29 is 37.0 Å². The molecule has 0 spiro atoms. The smallest absolute Gasteiger partial charge is 0.431 e. The summed E-state index contributed by atoms with van der Waals surface area (Å²) in [5, 5.41) is 5.33. The molecule has 3 aliphatic heterocycles. The minimum absolute atomic E-state index is 0.0682. The Labute approximate surface area is 273 Å². The number of benzene rings is 1. The molecule has 0 N–H and O–H groups in total. The molecule has 3 aliphatic rings. The van der Waals surface area contributed by atoms with Gasteiger partial charge in [-0.05, 0) is 11.6 Å². The molecule has 11 nitrogen and oxygen atoms in total. The number of aromatic nitrogens is 2. The molecule has 2 saturated heterocycles. The Morgan fingerprint density at radius 1 is 1.06 bits per heavy atom. The summed E-state index contributed by atoms with van der Waals surface area (Å²) in [6, 6.07) is 11.2. The molecule has 2 aromatic heterocycles. The summed E-state index contributed by atoms with van der Waals surface area (Å²) < 4.78 is 58.8. The molecule has 4 unspecified atom stereocenters. The number of alkyl halides is 3. The van der Waals surface area contributed by atoms with E-state index in [1.54, 1.807) is 42.6 Å². The molecule has 0 radical (unpaired) electrons. The standard InChI is InChI=1S/C32H32ClF3N6O5/c1-18-16-40(23-13-27(45-3)38-15-22(23)33)12-11-25(18)47-26-10-9-21(14-37-26)42-28(19(2)29(39-42)32(34,35)36)30(43)41-24(17-46-31(41)44)20-7-5-4-6-8-20/h4-10,13-15,18-19,24-25,28H,11-12,16-17H2,1-3H3/t18?,19?,24-,25?,28?/m1/s1. The van der Waals surface area contributed by atoms with Gasteiger partial charge in [-0.15, -0.1) is 0 Å². The lowest BCUT2D eigenvalue weighted by Crippen LogP contribution is -2.50. The van der Waals surface area contributed by atoms with Crippen LogP contribution >= 0.6 is 11.6 Å². The van der Waals surface area contributed by atoms with Crippen molar-refractivity contribution in [2.45, 2.75) is 44.6 Å². The number of imide groups is 1. The van der Waals surface area contributed by atoms with Gasteiger partial charge >= 0.3 is 12.3 Å². The number of hydrazone groups is 1. The highest BCUT2D eigenvalue weighted by Gasteiger charge is 2.54. The molecule has 0 bridgehead atoms. The molecule has 1 aromatic carbocycles. The van der Waals surface area contributed by atoms with Crippen LogP contribution in [0.2, 0.25) is 5.02 Å². The summed E-state index contributed by atoms with van der Waals surface area (Å²) in [7, 11) is 1.54. The van der Waals surface area contributed by atoms with Gasteiger partial charge < -0.3 is 19.1 Å². The third-order valence-corrected chi connectivity index (χ3v) is 8.96. The van der Waals surface area contributed by atoms with E-state index in [-0.39, 0.29) is 30.2 Å². The van der Waals surface area contributed by atoms with E-state index in [1.165, 1.54) is 32.4 Å². The molecule has 6 rings (SSSR count). The van der Waals surface area contributed by atoms with Gasteiger partial charge in [0.1, 0.15) is 30.5 Å². The van der Waals surface area contributed by atoms with E-state index >= 15 is 0 Å². The van der Waals surface area contributed by atoms with Crippen LogP contribution in [0.25, 0.3) is 0 Å². The average molecular weight is 673 g/mol. The van der Waals surface area contributed by atoms with E-state index in [4.69, 9.17) is 25.8 Å². The fourth-order valence-electron chi connectivity index (χ4n) is 6.22. The number of ether oxygens (including phenoxy) is 3. The quantitative estimate of drug-likeness (QED) is 0.303. The van der Waals surface area contributed by atoms with Crippen LogP contribution in [0.3, 0.4) is 0 Å². The van der Waals surface area contributed by atoms with Crippen molar-refractivity contribution >= 4 is 40.7 Å². The van der Waals surface area contributed by atoms with E-state index in [1.807, 2.05) is 6.92 Å². The SMILES string of the molecule is COc1cc(N2CCC(Oc3ccc(N4N=C(C(F)(F)F)C(C)C4C(=O)N4C(=O)OC[C@@H]4c4ccccc4)cn3)C(C)C2)c(Cl)cn1. The fraction of sp³-hybridized carbons (Fsp3) is 0.406. The van der Waals surface area contributed by atoms with Crippen molar-refractivity contribution in [2.24, 2.45) is 16.9 Å². The lowest BCUT2D eigenvalue weighted by atomic mass is 9.95. The molecule has 0 aliphatic carbocycles. The van der Waals surface area contributed by atoms with Crippen LogP contribution in [0.4, 0.5) is 29.3 Å². The van der Waals surface area contributed by atoms with Gasteiger partial charge in [-0.3, -0.25) is 9.80 Å². The number of hydrogen-bond donors (Lipinski definition) is 0. The van der Waals surface area contributed by atoms with Crippen LogP contribution < -0.4 is 19.4 Å². The zero-order valence-corrected chi connectivity index (χ0v) is 26.5. The molecule has 3 aromatic rings. The Balaban J connectivity index is 1.20. The van der Waals surface area contributed by atoms with Crippen LogP contribution in [0.1, 0.15) is 31.9 Å². The predicted octanol–water partition coefficient (Wildman–Crippen LogP) is 5.90. The first kappa shape index (κ1) is 32.4. The first-order valence-electron chi connectivity index (χ1n) is 15.0. The van der Waals surface area contributed by atoms with Crippen LogP contribution in [-0.4, -0.2) is 77.7 Å². The average Bonchev–Trinajstić information content (AvgIpc) is 3.62. The van der Waals surface area contributed by atoms with Gasteiger partial charge in [0.25, 0.3) is 5.91 Å². The highest BCUT2D eigenvalue weighted by atomic mass is 35.5. The Kier molecular flexibility index (Phi) is 8.88. The van der Waals surface area contributed by atoms with E-state index in [0.717, 1.165) is 15.6 Å². The van der Waals surface area contributed by atoms with Crippen molar-refractivity contribution in [3.05, 3.63) is 71.5 Å². The van der Waals surface area contributed by atoms with E-state index in [0.29, 0.717) is 36.0 Å². The van der Waals surface area contributed by atoms with Gasteiger partial charge in [0.2, 0.25) is 11.8 Å². The van der Waals surface area contributed by atoms with Gasteiger partial charge in [0.15, 0.2) is 0 Å². The molecular weight excluding hydrogens is 641 g/mol. The molecule has 15 heteroatoms. The maximum Gasteiger partial charge on any atom is 0.431 e. The number of amides is 2. The topological polar surface area (TPSA) is 110 Å². The van der Waals surface area contributed by atoms with Gasteiger partial charge in [-0.1, -0.05) is 55.8 Å². The first-order valence-corrected chi connectivity index (χ1v) is 15.4. The second-order valence-electron chi connectivity index (χ2n) is 11.7. The fourth-order valence-corrected chi connectivity index (χ4v) is 6.45. The Morgan fingerprint density at radius 3 is 2.47 bits per heavy atom. The normalized spacial score (nSPS) is 24.7. The minimum Gasteiger partial charge on any atom is -0.481 e. The van der Waals surface area contributed by atoms with Gasteiger partial charge in [-0.25, -0.2) is 19.7 Å². The van der Waals surface area contributed by atoms with Gasteiger partial charge in [-0.2, -0.15) is 18.3 Å². The maximum absolute atomic E-state index is 14.1. The maximum atomic E-state index is 14.1. The second kappa shape index (κ2) is 12.9. The van der Waals surface area contributed by atoms with Crippen LogP contribution in [0, 0.1) is 11.8 Å². The number of halogens is 4. The third kappa shape index (κ3) is 6.38. The molecule has 248 valence electrons. The van der Waals surface area contributed by atoms with Crippen molar-refractivity contribution in [3.63, 3.8) is 0 Å². The van der Waals surface area contributed by atoms with Crippen molar-refractivity contribution in [1.29, 1.82) is 0 Å². The van der Waals surface area contributed by atoms with Crippen molar-refractivity contribution in [1.82, 2.24) is 14.9 Å². The summed E-state index contributed by atoms with van der Waals surface area (Å²) in [4.78, 5) is 38.2. The number of piperidine rings is 1. The molecule has 2 fully saturated rings. The molecule has 47 heavy (non-hydrogen) atoms. The van der Waals surface area contributed by atoms with Crippen LogP contribution in [0.15, 0.2) is 66.0 Å². The highest BCUT2D eigenvalue weighted by Crippen LogP contribution is 2.39. The number of carbonyl (C=O) groups excluding carboxylic acids is 2. The van der Waals surface area contributed by atoms with Crippen LogP contribution in [0.5, 0.6) is 11.8 Å². The number of cyclic esters (lactones) is 1. The van der Waals surface area contributed by atoms with E-state index in [9.17, 15) is 22.8 Å². The predicted molar refractivity (Wildman–Crippen MR) is 167 cm³/mol. The minimum atomic E-state index is -4.80. The zero-order valence-electron chi connectivity index (χ0n) is 25.7. The zero-order chi connectivity index (χ0) is 33.5. The second-order valence-corrected chi connectivity index (χ2v) is 12.1. The van der Waals surface area contributed by atoms with Crippen molar-refractivity contribution in [3.8, 4) is 11.8 Å². The molecule has 2 amide bonds. The van der Waals surface area contributed by atoms with E-state index in [2.05, 4.69) is 20.0 Å². The van der Waals surface area contributed by atoms with Crippen molar-refractivity contribution in [2.75, 3.05) is 36.7 Å². The molecule has 5 heterocycles. The largest absolute Gasteiger partial charge is 0.481 e. The summed E-state index contributed by atoms with van der Waals surface area (Å²) in [6.07, 6.45) is -2.41. The molecular formula is C32H32ClF3N6O5. The summed E-state index contributed by atoms with van der Waals surface area (Å²) in [6.45, 7) is 4.48. The summed E-state index contributed by atoms with van der Waals surface area (Å²) >= 11 is 6.40. The Bertz CT molecular complexity index is 1660. The number of pyridine rings is 2. The monoisotopic (exact) mass is 672 g/mol. The lowest BCUT2D eigenvalue weighted by molar-refractivity contribution is -0.131. The first-order chi connectivity index (χ1) is 22.5. The van der Waals surface area contributed by atoms with E-state index < -0.39 is 41.9 Å². The lowest BCUT2D eigenvalue weighted by Gasteiger charge is -2.38. The van der Waals surface area contributed by atoms with Gasteiger partial charge in [0, 0.05) is 43.5 Å². The highest BCUT2D eigenvalue weighted by molar-refractivity contribution is 6.33. The number of nitrogens with zero attached hydrogens (tertiary/aromatic N) is 6. The Morgan fingerprint density at radius 2 is 1.81 bits per heavy atom. The Hall–Kier alpha value is -4.59. The molecule has 5 atom stereocenters. The number of hydrogen-bond acceptors (Lipinski definition) is 10. The summed E-state index contributed by atoms with van der Waals surface area (Å²) in [5.74, 6) is -1.45.